The molecule has 0 atom stereocenters. The summed E-state index contributed by atoms with van der Waals surface area (Å²) in [4.78, 5) is 14.2. The summed E-state index contributed by atoms with van der Waals surface area (Å²) in [5, 5.41) is 9.18. The van der Waals surface area contributed by atoms with Gasteiger partial charge in [-0.05, 0) is 49.1 Å². The number of anilines is 1. The molecule has 0 aliphatic carbocycles. The van der Waals surface area contributed by atoms with Crippen molar-refractivity contribution in [1.29, 1.82) is 0 Å². The third kappa shape index (κ3) is 4.75. The first-order valence-corrected chi connectivity index (χ1v) is 11.3. The number of rotatable bonds is 5. The number of nitrogens with one attached hydrogen (secondary N) is 1. The number of nitrogens with zero attached hydrogens (tertiary/aromatic N) is 1. The van der Waals surface area contributed by atoms with Crippen molar-refractivity contribution in [1.82, 2.24) is 4.90 Å². The third-order valence-corrected chi connectivity index (χ3v) is 7.59. The second-order valence-corrected chi connectivity index (χ2v) is 10.2. The largest absolute Gasteiger partial charge is 0.396 e. The summed E-state index contributed by atoms with van der Waals surface area (Å²) < 4.78 is 27.6. The zero-order chi connectivity index (χ0) is 19.6. The summed E-state index contributed by atoms with van der Waals surface area (Å²) in [6.07, 6.45) is 1.56. The minimum atomic E-state index is -3.86. The van der Waals surface area contributed by atoms with E-state index in [0.29, 0.717) is 24.3 Å². The third-order valence-electron chi connectivity index (χ3n) is 4.46. The Balaban J connectivity index is 1.68. The molecular weight excluding hydrogens is 431 g/mol. The molecule has 1 saturated heterocycles. The van der Waals surface area contributed by atoms with Gasteiger partial charge < -0.3 is 10.0 Å². The average molecular weight is 449 g/mol. The molecule has 0 saturated carbocycles. The van der Waals surface area contributed by atoms with Crippen LogP contribution in [0.4, 0.5) is 5.69 Å². The number of halogens is 2. The lowest BCUT2D eigenvalue weighted by molar-refractivity contribution is 0.0651. The van der Waals surface area contributed by atoms with E-state index in [1.54, 1.807) is 17.0 Å². The molecule has 0 spiro atoms. The second kappa shape index (κ2) is 8.36. The fraction of sp³-hybridized carbons (Fsp3) is 0.353. The molecule has 0 bridgehead atoms. The molecule has 1 aromatic heterocycles. The highest BCUT2D eigenvalue weighted by Crippen LogP contribution is 2.35. The van der Waals surface area contributed by atoms with Crippen LogP contribution >= 0.6 is 34.5 Å². The molecule has 1 fully saturated rings. The number of benzene rings is 1. The summed E-state index contributed by atoms with van der Waals surface area (Å²) in [5.41, 5.74) is 0.806. The van der Waals surface area contributed by atoms with Crippen LogP contribution in [0.5, 0.6) is 0 Å². The fourth-order valence-electron chi connectivity index (χ4n) is 2.90. The van der Waals surface area contributed by atoms with Crippen LogP contribution in [0.3, 0.4) is 0 Å². The Morgan fingerprint density at radius 3 is 2.37 bits per heavy atom. The van der Waals surface area contributed by atoms with Gasteiger partial charge in [0.1, 0.15) is 9.23 Å². The van der Waals surface area contributed by atoms with Gasteiger partial charge in [0.2, 0.25) is 0 Å². The number of amides is 1. The molecule has 2 heterocycles. The van der Waals surface area contributed by atoms with Gasteiger partial charge in [0, 0.05) is 30.9 Å². The highest BCUT2D eigenvalue weighted by molar-refractivity contribution is 7.93. The van der Waals surface area contributed by atoms with E-state index in [9.17, 15) is 18.3 Å². The van der Waals surface area contributed by atoms with Gasteiger partial charge >= 0.3 is 0 Å². The first kappa shape index (κ1) is 20.4. The minimum absolute atomic E-state index is 0.0777. The van der Waals surface area contributed by atoms with Gasteiger partial charge in [-0.25, -0.2) is 8.42 Å². The Kier molecular flexibility index (Phi) is 6.32. The first-order valence-electron chi connectivity index (χ1n) is 8.28. The summed E-state index contributed by atoms with van der Waals surface area (Å²) in [7, 11) is -3.86. The van der Waals surface area contributed by atoms with Crippen LogP contribution in [-0.4, -0.2) is 44.0 Å². The van der Waals surface area contributed by atoms with Crippen molar-refractivity contribution < 1.29 is 18.3 Å². The summed E-state index contributed by atoms with van der Waals surface area (Å²) in [5.74, 6) is 0.150. The van der Waals surface area contributed by atoms with Gasteiger partial charge in [-0.2, -0.15) is 0 Å². The molecule has 3 rings (SSSR count). The van der Waals surface area contributed by atoms with Crippen LogP contribution in [0.2, 0.25) is 8.67 Å². The predicted octanol–water partition coefficient (Wildman–Crippen LogP) is 3.70. The van der Waals surface area contributed by atoms with Crippen molar-refractivity contribution in [3.8, 4) is 0 Å². The van der Waals surface area contributed by atoms with Crippen molar-refractivity contribution in [3.63, 3.8) is 0 Å². The average Bonchev–Trinajstić information content (AvgIpc) is 3.01. The normalized spacial score (nSPS) is 15.7. The summed E-state index contributed by atoms with van der Waals surface area (Å²) in [6.45, 7) is 1.36. The molecule has 6 nitrogen and oxygen atoms in total. The molecule has 10 heteroatoms. The molecule has 27 heavy (non-hydrogen) atoms. The molecule has 1 aromatic carbocycles. The second-order valence-electron chi connectivity index (χ2n) is 6.29. The van der Waals surface area contributed by atoms with E-state index < -0.39 is 10.0 Å². The standard InChI is InChI=1S/C17H18Cl2N2O4S2/c18-15-9-14(16(19)26-15)27(24,25)20-13-3-1-12(2-4-13)17(23)21-7-5-11(10-22)6-8-21/h1-4,9,11,20,22H,5-8,10H2. The Morgan fingerprint density at radius 1 is 1.22 bits per heavy atom. The van der Waals surface area contributed by atoms with Crippen LogP contribution in [0.1, 0.15) is 23.2 Å². The quantitative estimate of drug-likeness (QED) is 0.729. The van der Waals surface area contributed by atoms with Crippen LogP contribution in [-0.2, 0) is 10.0 Å². The molecule has 2 N–H and O–H groups in total. The molecule has 146 valence electrons. The van der Waals surface area contributed by atoms with Crippen LogP contribution in [0, 0.1) is 5.92 Å². The number of carbonyl (C=O) groups is 1. The van der Waals surface area contributed by atoms with E-state index in [4.69, 9.17) is 23.2 Å². The van der Waals surface area contributed by atoms with Gasteiger partial charge in [-0.1, -0.05) is 23.2 Å². The zero-order valence-corrected chi connectivity index (χ0v) is 17.3. The fourth-order valence-corrected chi connectivity index (χ4v) is 6.11. The molecule has 0 unspecified atom stereocenters. The maximum Gasteiger partial charge on any atom is 0.264 e. The lowest BCUT2D eigenvalue weighted by Crippen LogP contribution is -2.39. The van der Waals surface area contributed by atoms with Crippen molar-refractivity contribution in [2.24, 2.45) is 5.92 Å². The lowest BCUT2D eigenvalue weighted by atomic mass is 9.97. The van der Waals surface area contributed by atoms with Crippen LogP contribution in [0.15, 0.2) is 35.2 Å². The number of hydrogen-bond acceptors (Lipinski definition) is 5. The number of likely N-dealkylation sites (tertiary alicyclic amines) is 1. The number of thiophene rings is 1. The Hall–Kier alpha value is -1.32. The van der Waals surface area contributed by atoms with Crippen molar-refractivity contribution in [2.45, 2.75) is 17.7 Å². The topological polar surface area (TPSA) is 86.7 Å². The number of hydrogen-bond donors (Lipinski definition) is 2. The molecule has 1 aliphatic rings. The minimum Gasteiger partial charge on any atom is -0.396 e. The van der Waals surface area contributed by atoms with Gasteiger partial charge in [0.15, 0.2) is 0 Å². The Labute approximate surface area is 171 Å². The molecule has 1 amide bonds. The van der Waals surface area contributed by atoms with Crippen molar-refractivity contribution in [2.75, 3.05) is 24.4 Å². The maximum atomic E-state index is 12.6. The van der Waals surface area contributed by atoms with Crippen LogP contribution < -0.4 is 4.72 Å². The van der Waals surface area contributed by atoms with E-state index >= 15 is 0 Å². The van der Waals surface area contributed by atoms with E-state index in [-0.39, 0.29) is 32.0 Å². The van der Waals surface area contributed by atoms with Crippen LogP contribution in [0.25, 0.3) is 0 Å². The maximum absolute atomic E-state index is 12.6. The molecule has 0 radical (unpaired) electrons. The van der Waals surface area contributed by atoms with Gasteiger partial charge in [0.05, 0.1) is 4.34 Å². The summed E-state index contributed by atoms with van der Waals surface area (Å²) >= 11 is 12.7. The summed E-state index contributed by atoms with van der Waals surface area (Å²) in [6, 6.07) is 7.53. The van der Waals surface area contributed by atoms with Crippen molar-refractivity contribution >= 4 is 56.2 Å². The smallest absolute Gasteiger partial charge is 0.264 e. The molecule has 2 aromatic rings. The molecular formula is C17H18Cl2N2O4S2. The predicted molar refractivity (Wildman–Crippen MR) is 107 cm³/mol. The van der Waals surface area contributed by atoms with Gasteiger partial charge in [0.25, 0.3) is 15.9 Å². The number of aliphatic hydroxyl groups excluding tert-OH is 1. The van der Waals surface area contributed by atoms with Crippen molar-refractivity contribution in [3.05, 3.63) is 44.6 Å². The highest BCUT2D eigenvalue weighted by Gasteiger charge is 2.24. The van der Waals surface area contributed by atoms with Gasteiger partial charge in [-0.3, -0.25) is 9.52 Å². The lowest BCUT2D eigenvalue weighted by Gasteiger charge is -2.31. The Bertz CT molecular complexity index is 921. The monoisotopic (exact) mass is 448 g/mol. The van der Waals surface area contributed by atoms with Gasteiger partial charge in [-0.15, -0.1) is 11.3 Å². The number of sulfonamides is 1. The molecule has 1 aliphatic heterocycles. The number of aliphatic hydroxyl groups is 1. The number of carbonyl (C=O) groups excluding carboxylic acids is 1. The van der Waals surface area contributed by atoms with E-state index in [2.05, 4.69) is 4.72 Å². The van der Waals surface area contributed by atoms with E-state index in [1.165, 1.54) is 18.2 Å². The first-order chi connectivity index (χ1) is 12.8. The number of piperidine rings is 1. The Morgan fingerprint density at radius 2 is 1.85 bits per heavy atom. The van der Waals surface area contributed by atoms with E-state index in [0.717, 1.165) is 24.2 Å². The highest BCUT2D eigenvalue weighted by atomic mass is 35.5. The van der Waals surface area contributed by atoms with E-state index in [1.807, 2.05) is 0 Å². The zero-order valence-electron chi connectivity index (χ0n) is 14.2. The SMILES string of the molecule is O=C(c1ccc(NS(=O)(=O)c2cc(Cl)sc2Cl)cc1)N1CCC(CO)CC1.